The van der Waals surface area contributed by atoms with Crippen molar-refractivity contribution in [3.05, 3.63) is 32.0 Å². The summed E-state index contributed by atoms with van der Waals surface area (Å²) in [6.45, 7) is 1.96. The monoisotopic (exact) mass is 336 g/mol. The van der Waals surface area contributed by atoms with E-state index in [4.69, 9.17) is 4.42 Å². The first-order valence-electron chi connectivity index (χ1n) is 3.52. The summed E-state index contributed by atoms with van der Waals surface area (Å²) >= 11 is 5.75. The Morgan fingerprint density at radius 2 is 2.17 bits per heavy atom. The lowest BCUT2D eigenvalue weighted by Gasteiger charge is -1.93. The summed E-state index contributed by atoms with van der Waals surface area (Å²) in [6, 6.07) is 6.14. The smallest absolute Gasteiger partial charge is 0.149 e. The van der Waals surface area contributed by atoms with Crippen LogP contribution in [0, 0.1) is 10.5 Å². The molecule has 62 valence electrons. The van der Waals surface area contributed by atoms with Gasteiger partial charge in [0.15, 0.2) is 0 Å². The molecule has 2 aromatic rings. The Balaban J connectivity index is 2.93. The normalized spacial score (nSPS) is 10.9. The zero-order chi connectivity index (χ0) is 8.72. The highest BCUT2D eigenvalue weighted by Crippen LogP contribution is 2.30. The van der Waals surface area contributed by atoms with Crippen molar-refractivity contribution in [2.75, 3.05) is 0 Å². The first-order chi connectivity index (χ1) is 5.68. The quantitative estimate of drug-likeness (QED) is 0.660. The van der Waals surface area contributed by atoms with Gasteiger partial charge in [-0.1, -0.05) is 0 Å². The second-order valence-electron chi connectivity index (χ2n) is 2.63. The third-order valence-electron chi connectivity index (χ3n) is 1.71. The maximum Gasteiger partial charge on any atom is 0.149 e. The van der Waals surface area contributed by atoms with E-state index in [1.165, 1.54) is 8.96 Å². The molecule has 2 rings (SSSR count). The number of halogens is 2. The summed E-state index contributed by atoms with van der Waals surface area (Å²) in [5.74, 6) is 0.954. The molecule has 1 nitrogen and oxygen atoms in total. The second-order valence-corrected chi connectivity index (χ2v) is 4.65. The van der Waals surface area contributed by atoms with Gasteiger partial charge < -0.3 is 4.42 Å². The molecule has 0 fully saturated rings. The van der Waals surface area contributed by atoms with Crippen molar-refractivity contribution < 1.29 is 4.42 Å². The van der Waals surface area contributed by atoms with E-state index in [9.17, 15) is 0 Å². The predicted octanol–water partition coefficient (Wildman–Crippen LogP) is 4.11. The Bertz CT molecular complexity index is 394. The van der Waals surface area contributed by atoms with Gasteiger partial charge in [-0.05, 0) is 63.6 Å². The molecule has 0 atom stereocenters. The van der Waals surface area contributed by atoms with E-state index in [0.29, 0.717) is 0 Å². The summed E-state index contributed by atoms with van der Waals surface area (Å²) < 4.78 is 7.77. The second kappa shape index (κ2) is 3.03. The first kappa shape index (κ1) is 8.56. The van der Waals surface area contributed by atoms with Crippen LogP contribution in [0.2, 0.25) is 0 Å². The highest BCUT2D eigenvalue weighted by Gasteiger charge is 2.06. The highest BCUT2D eigenvalue weighted by molar-refractivity contribution is 14.1. The molecule has 0 aliphatic carbocycles. The van der Waals surface area contributed by atoms with Gasteiger partial charge in [0.25, 0.3) is 0 Å². The molecule has 0 radical (unpaired) electrons. The topological polar surface area (TPSA) is 13.1 Å². The lowest BCUT2D eigenvalue weighted by Crippen LogP contribution is -1.72. The largest absolute Gasteiger partial charge is 0.460 e. The third kappa shape index (κ3) is 1.29. The lowest BCUT2D eigenvalue weighted by atomic mass is 10.2. The Morgan fingerprint density at radius 1 is 1.42 bits per heavy atom. The van der Waals surface area contributed by atoms with Gasteiger partial charge in [-0.3, -0.25) is 0 Å². The molecule has 0 saturated heterocycles. The van der Waals surface area contributed by atoms with E-state index < -0.39 is 0 Å². The maximum atomic E-state index is 5.53. The van der Waals surface area contributed by atoms with Crippen LogP contribution in [0.25, 0.3) is 11.0 Å². The molecule has 0 aliphatic heterocycles. The minimum absolute atomic E-state index is 0.944. The van der Waals surface area contributed by atoms with Gasteiger partial charge >= 0.3 is 0 Å². The van der Waals surface area contributed by atoms with Gasteiger partial charge in [0, 0.05) is 8.96 Å². The minimum Gasteiger partial charge on any atom is -0.460 e. The first-order valence-corrected chi connectivity index (χ1v) is 5.40. The molecule has 0 bridgehead atoms. The van der Waals surface area contributed by atoms with E-state index >= 15 is 0 Å². The fraction of sp³-hybridized carbons (Fsp3) is 0.111. The number of fused-ring (bicyclic) bond motifs is 1. The van der Waals surface area contributed by atoms with Crippen molar-refractivity contribution in [2.45, 2.75) is 6.92 Å². The number of benzene rings is 1. The van der Waals surface area contributed by atoms with Crippen LogP contribution >= 0.6 is 38.5 Å². The highest BCUT2D eigenvalue weighted by atomic mass is 127. The Hall–Kier alpha value is -0.0300. The van der Waals surface area contributed by atoms with Crippen LogP contribution in [-0.2, 0) is 0 Å². The molecule has 0 unspecified atom stereocenters. The number of furan rings is 1. The molecule has 12 heavy (non-hydrogen) atoms. The molecule has 0 saturated carbocycles. The molecule has 1 heterocycles. The van der Waals surface area contributed by atoms with E-state index in [2.05, 4.69) is 50.7 Å². The summed E-state index contributed by atoms with van der Waals surface area (Å²) in [4.78, 5) is 0. The maximum absolute atomic E-state index is 5.53. The van der Waals surface area contributed by atoms with Crippen LogP contribution in [0.1, 0.15) is 5.76 Å². The van der Waals surface area contributed by atoms with Gasteiger partial charge in [-0.2, -0.15) is 0 Å². The number of aryl methyl sites for hydroxylation is 1. The number of hydrogen-bond acceptors (Lipinski definition) is 1. The SMILES string of the molecule is Cc1cc2c(I)ccc(Br)c2o1. The lowest BCUT2D eigenvalue weighted by molar-refractivity contribution is 0.577. The van der Waals surface area contributed by atoms with Crippen LogP contribution in [0.4, 0.5) is 0 Å². The third-order valence-corrected chi connectivity index (χ3v) is 3.27. The Morgan fingerprint density at radius 3 is 2.83 bits per heavy atom. The molecule has 0 N–H and O–H groups in total. The fourth-order valence-corrected chi connectivity index (χ4v) is 2.19. The van der Waals surface area contributed by atoms with Crippen molar-refractivity contribution >= 4 is 49.5 Å². The summed E-state index contributed by atoms with van der Waals surface area (Å²) in [5.41, 5.74) is 0.944. The standard InChI is InChI=1S/C9H6BrIO/c1-5-4-6-8(11)3-2-7(10)9(6)12-5/h2-4H,1H3. The fourth-order valence-electron chi connectivity index (χ4n) is 1.18. The summed E-state index contributed by atoms with van der Waals surface area (Å²) in [5, 5.41) is 1.18. The van der Waals surface area contributed by atoms with Crippen molar-refractivity contribution in [3.63, 3.8) is 0 Å². The molecule has 3 heteroatoms. The Labute approximate surface area is 92.4 Å². The van der Waals surface area contributed by atoms with Crippen molar-refractivity contribution in [3.8, 4) is 0 Å². The van der Waals surface area contributed by atoms with E-state index in [1.54, 1.807) is 0 Å². The number of hydrogen-bond donors (Lipinski definition) is 0. The van der Waals surface area contributed by atoms with Gasteiger partial charge in [0.05, 0.1) is 4.47 Å². The molecular weight excluding hydrogens is 331 g/mol. The van der Waals surface area contributed by atoms with Gasteiger partial charge in [-0.15, -0.1) is 0 Å². The minimum atomic E-state index is 0.944. The van der Waals surface area contributed by atoms with E-state index in [0.717, 1.165) is 15.8 Å². The van der Waals surface area contributed by atoms with Crippen LogP contribution < -0.4 is 0 Å². The summed E-state index contributed by atoms with van der Waals surface area (Å²) in [6.07, 6.45) is 0. The molecule has 0 aliphatic rings. The summed E-state index contributed by atoms with van der Waals surface area (Å²) in [7, 11) is 0. The van der Waals surface area contributed by atoms with Crippen molar-refractivity contribution in [1.29, 1.82) is 0 Å². The van der Waals surface area contributed by atoms with Crippen LogP contribution in [-0.4, -0.2) is 0 Å². The molecule has 0 amide bonds. The van der Waals surface area contributed by atoms with Gasteiger partial charge in [-0.25, -0.2) is 0 Å². The zero-order valence-electron chi connectivity index (χ0n) is 6.40. The van der Waals surface area contributed by atoms with Gasteiger partial charge in [0.2, 0.25) is 0 Å². The molecule has 1 aromatic carbocycles. The van der Waals surface area contributed by atoms with Crippen molar-refractivity contribution in [2.24, 2.45) is 0 Å². The van der Waals surface area contributed by atoms with Gasteiger partial charge in [0.1, 0.15) is 11.3 Å². The van der Waals surface area contributed by atoms with Crippen LogP contribution in [0.15, 0.2) is 27.1 Å². The number of rotatable bonds is 0. The van der Waals surface area contributed by atoms with Crippen LogP contribution in [0.5, 0.6) is 0 Å². The molecular formula is C9H6BrIO. The Kier molecular flexibility index (Phi) is 2.16. The zero-order valence-corrected chi connectivity index (χ0v) is 10.1. The molecule has 1 aromatic heterocycles. The van der Waals surface area contributed by atoms with E-state index in [1.807, 2.05) is 13.0 Å². The predicted molar refractivity (Wildman–Crippen MR) is 61.4 cm³/mol. The van der Waals surface area contributed by atoms with Crippen LogP contribution in [0.3, 0.4) is 0 Å². The van der Waals surface area contributed by atoms with Crippen molar-refractivity contribution in [1.82, 2.24) is 0 Å². The average molecular weight is 337 g/mol. The molecule has 0 spiro atoms. The average Bonchev–Trinajstić information content (AvgIpc) is 2.41. The van der Waals surface area contributed by atoms with E-state index in [-0.39, 0.29) is 0 Å².